The number of likely N-dealkylation sites (tertiary alicyclic amines) is 1. The normalized spacial score (nSPS) is 21.8. The molecule has 1 amide bonds. The van der Waals surface area contributed by atoms with Crippen molar-refractivity contribution in [2.45, 2.75) is 72.5 Å². The van der Waals surface area contributed by atoms with Gasteiger partial charge in [0.1, 0.15) is 21.9 Å². The van der Waals surface area contributed by atoms with Crippen LogP contribution in [0.15, 0.2) is 29.1 Å². The van der Waals surface area contributed by atoms with Crippen LogP contribution in [0.1, 0.15) is 60.7 Å². The van der Waals surface area contributed by atoms with Crippen LogP contribution < -0.4 is 5.32 Å². The Morgan fingerprint density at radius 1 is 1.14 bits per heavy atom. The van der Waals surface area contributed by atoms with E-state index in [9.17, 15) is 14.0 Å². The lowest BCUT2D eigenvalue weighted by atomic mass is 9.66. The van der Waals surface area contributed by atoms with Crippen LogP contribution in [0.25, 0.3) is 22.2 Å². The van der Waals surface area contributed by atoms with Crippen molar-refractivity contribution in [3.63, 3.8) is 0 Å². The molecule has 3 atom stereocenters. The molecule has 42 heavy (non-hydrogen) atoms. The fourth-order valence-corrected chi connectivity index (χ4v) is 6.78. The minimum Gasteiger partial charge on any atom is -0.309 e. The molecule has 0 bridgehead atoms. The zero-order chi connectivity index (χ0) is 29.9. The smallest absolute Gasteiger partial charge is 0.242 e. The number of nitrogens with one attached hydrogen (secondary N) is 1. The summed E-state index contributed by atoms with van der Waals surface area (Å²) in [5.41, 5.74) is 3.98. The summed E-state index contributed by atoms with van der Waals surface area (Å²) in [6, 6.07) is 3.13. The van der Waals surface area contributed by atoms with Crippen molar-refractivity contribution >= 4 is 44.3 Å². The van der Waals surface area contributed by atoms with E-state index in [-0.39, 0.29) is 33.8 Å². The van der Waals surface area contributed by atoms with Gasteiger partial charge in [0, 0.05) is 42.9 Å². The van der Waals surface area contributed by atoms with Gasteiger partial charge in [0.2, 0.25) is 5.91 Å². The topological polar surface area (TPSA) is 119 Å². The summed E-state index contributed by atoms with van der Waals surface area (Å²) in [4.78, 5) is 46.1. The number of nitrogens with zero attached hydrogens (tertiary/aromatic N) is 7. The van der Waals surface area contributed by atoms with Crippen molar-refractivity contribution in [1.82, 2.24) is 34.6 Å². The molecule has 0 spiro atoms. The number of anilines is 1. The van der Waals surface area contributed by atoms with E-state index in [0.29, 0.717) is 41.7 Å². The number of carbonyl (C=O) groups excluding carboxylic acids is 2. The summed E-state index contributed by atoms with van der Waals surface area (Å²) in [5.74, 6) is 0.255. The van der Waals surface area contributed by atoms with Crippen molar-refractivity contribution in [3.8, 4) is 11.3 Å². The first-order valence-corrected chi connectivity index (χ1v) is 14.8. The van der Waals surface area contributed by atoms with E-state index in [2.05, 4.69) is 48.0 Å². The molecule has 6 rings (SSSR count). The standard InChI is InChI=1S/C30H32BrFN8O2/c1-15-10-21(32)27(31)36-28(15)37-29(42)23-12-30(5)7-6-24(30)39(23)8-9-40-26-16(2)35-22(19-13-33-18(4)34-14-19)11-20(26)25(38-40)17(3)41/h10-11,13-14,23-24H,6-9,12H2,1-5H3,(H,36,37,42)/t23-,24+,30+/m0/s1. The van der Waals surface area contributed by atoms with Gasteiger partial charge >= 0.3 is 0 Å². The monoisotopic (exact) mass is 634 g/mol. The second-order valence-electron chi connectivity index (χ2n) is 11.7. The second-order valence-corrected chi connectivity index (χ2v) is 12.5. The summed E-state index contributed by atoms with van der Waals surface area (Å²) in [7, 11) is 0. The summed E-state index contributed by atoms with van der Waals surface area (Å²) < 4.78 is 15.8. The highest BCUT2D eigenvalue weighted by molar-refractivity contribution is 9.10. The predicted octanol–water partition coefficient (Wildman–Crippen LogP) is 5.19. The molecule has 5 heterocycles. The van der Waals surface area contributed by atoms with Gasteiger partial charge in [0.15, 0.2) is 11.6 Å². The zero-order valence-corrected chi connectivity index (χ0v) is 25.8. The SMILES string of the molecule is CC(=O)c1nn(CCN2[C@H](C(=O)Nc3nc(Br)c(F)cc3C)C[C@@]3(C)CC[C@@H]23)c2c(C)nc(-c3cnc(C)nc3)cc12. The Morgan fingerprint density at radius 2 is 1.88 bits per heavy atom. The third kappa shape index (κ3) is 4.90. The fraction of sp³-hybridized carbons (Fsp3) is 0.433. The van der Waals surface area contributed by atoms with Crippen LogP contribution in [0.3, 0.4) is 0 Å². The van der Waals surface area contributed by atoms with Gasteiger partial charge in [-0.25, -0.2) is 19.3 Å². The summed E-state index contributed by atoms with van der Waals surface area (Å²) in [5, 5.41) is 8.40. The maximum atomic E-state index is 13.9. The van der Waals surface area contributed by atoms with Crippen LogP contribution in [0, 0.1) is 32.0 Å². The fourth-order valence-electron chi connectivity index (χ4n) is 6.49. The molecular weight excluding hydrogens is 603 g/mol. The Morgan fingerprint density at radius 3 is 2.55 bits per heavy atom. The number of hydrogen-bond acceptors (Lipinski definition) is 8. The second kappa shape index (κ2) is 10.6. The molecule has 10 nitrogen and oxygen atoms in total. The molecule has 0 unspecified atom stereocenters. The Bertz CT molecular complexity index is 1740. The Hall–Kier alpha value is -3.64. The van der Waals surface area contributed by atoms with E-state index in [0.717, 1.165) is 41.4 Å². The van der Waals surface area contributed by atoms with Crippen LogP contribution in [-0.2, 0) is 11.3 Å². The van der Waals surface area contributed by atoms with Gasteiger partial charge in [-0.15, -0.1) is 0 Å². The van der Waals surface area contributed by atoms with Crippen LogP contribution in [-0.4, -0.2) is 64.9 Å². The lowest BCUT2D eigenvalue weighted by Crippen LogP contribution is -2.50. The van der Waals surface area contributed by atoms with E-state index in [1.165, 1.54) is 13.0 Å². The van der Waals surface area contributed by atoms with E-state index < -0.39 is 5.82 Å². The van der Waals surface area contributed by atoms with Gasteiger partial charge in [-0.05, 0) is 79.1 Å². The van der Waals surface area contributed by atoms with Gasteiger partial charge in [-0.3, -0.25) is 24.2 Å². The Kier molecular flexibility index (Phi) is 7.17. The molecule has 1 saturated heterocycles. The van der Waals surface area contributed by atoms with Gasteiger partial charge in [0.05, 0.1) is 29.5 Å². The molecule has 2 fully saturated rings. The largest absolute Gasteiger partial charge is 0.309 e. The van der Waals surface area contributed by atoms with E-state index >= 15 is 0 Å². The Balaban J connectivity index is 1.29. The summed E-state index contributed by atoms with van der Waals surface area (Å²) >= 11 is 3.12. The number of halogens is 2. The van der Waals surface area contributed by atoms with Crippen LogP contribution >= 0.6 is 15.9 Å². The van der Waals surface area contributed by atoms with Crippen molar-refractivity contribution in [2.24, 2.45) is 5.41 Å². The molecule has 0 aromatic carbocycles. The first-order chi connectivity index (χ1) is 19.9. The first-order valence-electron chi connectivity index (χ1n) is 14.0. The molecular formula is C30H32BrFN8O2. The quantitative estimate of drug-likeness (QED) is 0.218. The van der Waals surface area contributed by atoms with E-state index in [4.69, 9.17) is 10.1 Å². The number of pyridine rings is 2. The molecule has 1 N–H and O–H groups in total. The molecule has 4 aromatic heterocycles. The predicted molar refractivity (Wildman–Crippen MR) is 160 cm³/mol. The number of carbonyl (C=O) groups is 2. The minimum atomic E-state index is -0.473. The molecule has 1 aliphatic carbocycles. The average molecular weight is 636 g/mol. The van der Waals surface area contributed by atoms with E-state index in [1.54, 1.807) is 19.3 Å². The highest BCUT2D eigenvalue weighted by atomic mass is 79.9. The average Bonchev–Trinajstić information content (AvgIpc) is 3.40. The van der Waals surface area contributed by atoms with Crippen molar-refractivity contribution in [1.29, 1.82) is 0 Å². The summed E-state index contributed by atoms with van der Waals surface area (Å²) in [6.07, 6.45) is 6.26. The zero-order valence-electron chi connectivity index (χ0n) is 24.2. The third-order valence-corrected chi connectivity index (χ3v) is 9.36. The van der Waals surface area contributed by atoms with Gasteiger partial charge in [-0.1, -0.05) is 6.92 Å². The minimum absolute atomic E-state index is 0.0487. The van der Waals surface area contributed by atoms with Crippen LogP contribution in [0.2, 0.25) is 0 Å². The number of amides is 1. The number of rotatable bonds is 7. The molecule has 1 aliphatic heterocycles. The summed E-state index contributed by atoms with van der Waals surface area (Å²) in [6.45, 7) is 10.3. The highest BCUT2D eigenvalue weighted by Crippen LogP contribution is 2.54. The third-order valence-electron chi connectivity index (χ3n) is 8.80. The van der Waals surface area contributed by atoms with Crippen molar-refractivity contribution in [2.75, 3.05) is 11.9 Å². The number of aromatic nitrogens is 6. The number of fused-ring (bicyclic) bond motifs is 2. The lowest BCUT2D eigenvalue weighted by molar-refractivity contribution is -0.121. The van der Waals surface area contributed by atoms with Gasteiger partial charge < -0.3 is 5.32 Å². The molecule has 0 radical (unpaired) electrons. The van der Waals surface area contributed by atoms with Gasteiger partial charge in [0.25, 0.3) is 0 Å². The van der Waals surface area contributed by atoms with Gasteiger partial charge in [-0.2, -0.15) is 5.10 Å². The maximum Gasteiger partial charge on any atom is 0.242 e. The molecule has 2 aliphatic rings. The van der Waals surface area contributed by atoms with Crippen LogP contribution in [0.5, 0.6) is 0 Å². The number of aryl methyl sites for hydroxylation is 3. The number of Topliss-reactive ketones (excluding diaryl/α,β-unsaturated/α-hetero) is 1. The van der Waals surface area contributed by atoms with Crippen LogP contribution in [0.4, 0.5) is 10.2 Å². The molecule has 12 heteroatoms. The Labute approximate surface area is 251 Å². The maximum absolute atomic E-state index is 13.9. The van der Waals surface area contributed by atoms with Crippen molar-refractivity contribution in [3.05, 3.63) is 57.7 Å². The number of ketones is 1. The molecule has 1 saturated carbocycles. The molecule has 4 aromatic rings. The lowest BCUT2D eigenvalue weighted by Gasteiger charge is -2.45. The molecule has 218 valence electrons. The highest BCUT2D eigenvalue weighted by Gasteiger charge is 2.56. The van der Waals surface area contributed by atoms with E-state index in [1.807, 2.05) is 24.6 Å². The number of hydrogen-bond donors (Lipinski definition) is 1. The first kappa shape index (κ1) is 28.5. The van der Waals surface area contributed by atoms with Crippen molar-refractivity contribution < 1.29 is 14.0 Å².